The third kappa shape index (κ3) is 4.87. The summed E-state index contributed by atoms with van der Waals surface area (Å²) in [5.74, 6) is -1.17. The van der Waals surface area contributed by atoms with Crippen LogP contribution < -0.4 is 0 Å². The molecule has 0 radical (unpaired) electrons. The molecule has 0 saturated carbocycles. The number of benzene rings is 1. The number of ether oxygens (including phenoxy) is 2. The van der Waals surface area contributed by atoms with Crippen molar-refractivity contribution >= 4 is 17.8 Å². The van der Waals surface area contributed by atoms with Crippen LogP contribution in [0.3, 0.4) is 0 Å². The monoisotopic (exact) mass is 440 g/mol. The highest BCUT2D eigenvalue weighted by Crippen LogP contribution is 2.28. The zero-order chi connectivity index (χ0) is 23.3. The molecule has 1 amide bonds. The third-order valence-corrected chi connectivity index (χ3v) is 5.96. The van der Waals surface area contributed by atoms with E-state index in [0.29, 0.717) is 49.5 Å². The predicted octanol–water partition coefficient (Wildman–Crippen LogP) is 3.75. The maximum absolute atomic E-state index is 13.6. The lowest BCUT2D eigenvalue weighted by Crippen LogP contribution is -2.43. The number of esters is 2. The number of piperidine rings is 1. The predicted molar refractivity (Wildman–Crippen MR) is 121 cm³/mol. The number of amides is 1. The second-order valence-electron chi connectivity index (χ2n) is 8.07. The Balaban J connectivity index is 1.97. The summed E-state index contributed by atoms with van der Waals surface area (Å²) in [6, 6.07) is 9.80. The Morgan fingerprint density at radius 1 is 1.03 bits per heavy atom. The number of carbonyl (C=O) groups is 3. The van der Waals surface area contributed by atoms with Gasteiger partial charge in [-0.05, 0) is 51.7 Å². The number of likely N-dealkylation sites (tertiary alicyclic amines) is 1. The first-order chi connectivity index (χ1) is 15.4. The highest BCUT2D eigenvalue weighted by molar-refractivity contribution is 6.01. The van der Waals surface area contributed by atoms with Crippen LogP contribution >= 0.6 is 0 Å². The first-order valence-electron chi connectivity index (χ1n) is 11.3. The van der Waals surface area contributed by atoms with Gasteiger partial charge in [-0.25, -0.2) is 4.79 Å². The van der Waals surface area contributed by atoms with Crippen LogP contribution in [0.15, 0.2) is 30.3 Å². The van der Waals surface area contributed by atoms with Gasteiger partial charge in [-0.3, -0.25) is 9.59 Å². The molecular weight excluding hydrogens is 408 g/mol. The SMILES string of the molecule is CCOC(=O)c1c(C)c(C(=O)N2CCCC(C(=O)OCC)C2)c(C)n1Cc1ccccc1. The van der Waals surface area contributed by atoms with Gasteiger partial charge in [-0.15, -0.1) is 0 Å². The van der Waals surface area contributed by atoms with Gasteiger partial charge in [0.05, 0.1) is 24.7 Å². The highest BCUT2D eigenvalue weighted by atomic mass is 16.5. The fourth-order valence-electron chi connectivity index (χ4n) is 4.41. The minimum Gasteiger partial charge on any atom is -0.466 e. The molecule has 7 nitrogen and oxygen atoms in total. The summed E-state index contributed by atoms with van der Waals surface area (Å²) < 4.78 is 12.3. The van der Waals surface area contributed by atoms with E-state index < -0.39 is 5.97 Å². The Hall–Kier alpha value is -3.09. The van der Waals surface area contributed by atoms with Crippen LogP contribution in [0.25, 0.3) is 0 Å². The molecule has 2 heterocycles. The lowest BCUT2D eigenvalue weighted by Gasteiger charge is -2.31. The van der Waals surface area contributed by atoms with Crippen molar-refractivity contribution in [3.8, 4) is 0 Å². The van der Waals surface area contributed by atoms with Gasteiger partial charge in [0.15, 0.2) is 0 Å². The van der Waals surface area contributed by atoms with E-state index in [2.05, 4.69) is 0 Å². The van der Waals surface area contributed by atoms with Crippen molar-refractivity contribution in [2.24, 2.45) is 5.92 Å². The van der Waals surface area contributed by atoms with E-state index in [-0.39, 0.29) is 24.4 Å². The lowest BCUT2D eigenvalue weighted by atomic mass is 9.97. The number of rotatable bonds is 7. The Kier molecular flexibility index (Phi) is 7.72. The van der Waals surface area contributed by atoms with Crippen molar-refractivity contribution in [2.75, 3.05) is 26.3 Å². The van der Waals surface area contributed by atoms with Crippen molar-refractivity contribution in [1.29, 1.82) is 0 Å². The second-order valence-corrected chi connectivity index (χ2v) is 8.07. The van der Waals surface area contributed by atoms with Gasteiger partial charge in [-0.2, -0.15) is 0 Å². The molecule has 3 rings (SSSR count). The number of aromatic nitrogens is 1. The van der Waals surface area contributed by atoms with Crippen LogP contribution in [0.5, 0.6) is 0 Å². The normalized spacial score (nSPS) is 16.0. The molecule has 1 unspecified atom stereocenters. The average Bonchev–Trinajstić information content (AvgIpc) is 3.03. The molecule has 7 heteroatoms. The summed E-state index contributed by atoms with van der Waals surface area (Å²) in [5, 5.41) is 0. The highest BCUT2D eigenvalue weighted by Gasteiger charge is 2.34. The van der Waals surface area contributed by atoms with Crippen molar-refractivity contribution in [1.82, 2.24) is 9.47 Å². The average molecular weight is 441 g/mol. The number of hydrogen-bond donors (Lipinski definition) is 0. The standard InChI is InChI=1S/C25H32N2O5/c1-5-31-24(29)20-13-10-14-26(16-20)23(28)21-17(3)22(25(30)32-6-2)27(18(21)4)15-19-11-8-7-9-12-19/h7-9,11-12,20H,5-6,10,13-16H2,1-4H3. The zero-order valence-corrected chi connectivity index (χ0v) is 19.3. The molecule has 0 aliphatic carbocycles. The molecule has 1 aliphatic heterocycles. The third-order valence-electron chi connectivity index (χ3n) is 5.96. The van der Waals surface area contributed by atoms with Crippen molar-refractivity contribution < 1.29 is 23.9 Å². The molecule has 1 fully saturated rings. The number of nitrogens with zero attached hydrogens (tertiary/aromatic N) is 2. The molecule has 1 atom stereocenters. The second kappa shape index (κ2) is 10.5. The van der Waals surface area contributed by atoms with Crippen molar-refractivity contribution in [3.63, 3.8) is 0 Å². The summed E-state index contributed by atoms with van der Waals surface area (Å²) in [5.41, 5.74) is 3.26. The molecule has 1 saturated heterocycles. The van der Waals surface area contributed by atoms with Gasteiger partial charge in [-0.1, -0.05) is 30.3 Å². The quantitative estimate of drug-likeness (QED) is 0.613. The van der Waals surface area contributed by atoms with Crippen molar-refractivity contribution in [2.45, 2.75) is 47.1 Å². The molecule has 1 aromatic carbocycles. The molecule has 0 N–H and O–H groups in total. The van der Waals surface area contributed by atoms with Crippen LogP contribution in [-0.2, 0) is 20.8 Å². The minimum atomic E-state index is -0.439. The molecule has 172 valence electrons. The molecule has 0 spiro atoms. The number of hydrogen-bond acceptors (Lipinski definition) is 5. The summed E-state index contributed by atoms with van der Waals surface area (Å²) in [7, 11) is 0. The van der Waals surface area contributed by atoms with Gasteiger partial charge in [0.1, 0.15) is 5.69 Å². The number of carbonyl (C=O) groups excluding carboxylic acids is 3. The van der Waals surface area contributed by atoms with E-state index in [1.807, 2.05) is 41.8 Å². The maximum Gasteiger partial charge on any atom is 0.355 e. The van der Waals surface area contributed by atoms with Crippen LogP contribution in [-0.4, -0.2) is 53.6 Å². The largest absolute Gasteiger partial charge is 0.466 e. The van der Waals surface area contributed by atoms with E-state index in [1.54, 1.807) is 25.7 Å². The Morgan fingerprint density at radius 3 is 2.38 bits per heavy atom. The van der Waals surface area contributed by atoms with E-state index in [0.717, 1.165) is 17.7 Å². The van der Waals surface area contributed by atoms with Crippen LogP contribution in [0.4, 0.5) is 0 Å². The summed E-state index contributed by atoms with van der Waals surface area (Å²) >= 11 is 0. The fraction of sp³-hybridized carbons (Fsp3) is 0.480. The molecular formula is C25H32N2O5. The Labute approximate surface area is 189 Å². The van der Waals surface area contributed by atoms with E-state index in [1.165, 1.54) is 0 Å². The summed E-state index contributed by atoms with van der Waals surface area (Å²) in [4.78, 5) is 40.3. The van der Waals surface area contributed by atoms with Gasteiger partial charge < -0.3 is 18.9 Å². The summed E-state index contributed by atoms with van der Waals surface area (Å²) in [6.45, 7) is 9.14. The van der Waals surface area contributed by atoms with Gasteiger partial charge in [0.25, 0.3) is 5.91 Å². The van der Waals surface area contributed by atoms with Gasteiger partial charge in [0, 0.05) is 25.3 Å². The Morgan fingerprint density at radius 2 is 1.72 bits per heavy atom. The summed E-state index contributed by atoms with van der Waals surface area (Å²) in [6.07, 6.45) is 1.45. The fourth-order valence-corrected chi connectivity index (χ4v) is 4.41. The topological polar surface area (TPSA) is 77.8 Å². The Bertz CT molecular complexity index is 980. The first-order valence-corrected chi connectivity index (χ1v) is 11.3. The molecule has 0 bridgehead atoms. The first kappa shape index (κ1) is 23.6. The lowest BCUT2D eigenvalue weighted by molar-refractivity contribution is -0.149. The minimum absolute atomic E-state index is 0.161. The van der Waals surface area contributed by atoms with Gasteiger partial charge >= 0.3 is 11.9 Å². The van der Waals surface area contributed by atoms with E-state index in [4.69, 9.17) is 9.47 Å². The van der Waals surface area contributed by atoms with Crippen molar-refractivity contribution in [3.05, 3.63) is 58.4 Å². The van der Waals surface area contributed by atoms with E-state index >= 15 is 0 Å². The maximum atomic E-state index is 13.6. The van der Waals surface area contributed by atoms with Gasteiger partial charge in [0.2, 0.25) is 0 Å². The molecule has 32 heavy (non-hydrogen) atoms. The van der Waals surface area contributed by atoms with Crippen LogP contribution in [0, 0.1) is 19.8 Å². The molecule has 1 aliphatic rings. The molecule has 1 aromatic heterocycles. The van der Waals surface area contributed by atoms with Crippen LogP contribution in [0.1, 0.15) is 64.4 Å². The zero-order valence-electron chi connectivity index (χ0n) is 19.3. The van der Waals surface area contributed by atoms with E-state index in [9.17, 15) is 14.4 Å². The molecule has 2 aromatic rings. The smallest absolute Gasteiger partial charge is 0.355 e. The van der Waals surface area contributed by atoms with Crippen LogP contribution in [0.2, 0.25) is 0 Å².